The van der Waals surface area contributed by atoms with E-state index in [1.54, 1.807) is 12.4 Å². The van der Waals surface area contributed by atoms with Crippen molar-refractivity contribution < 1.29 is 30.0 Å². The second-order valence-electron chi connectivity index (χ2n) is 7.84. The van der Waals surface area contributed by atoms with E-state index in [-0.39, 0.29) is 31.6 Å². The standard InChI is InChI=1S/C22H13N4.C5H8O2.Ir/c1-2-5-16-14(4-1)7-8-19-21(16)17-6-3-10-24-22(17)26(19)20-12-15-9-11-23-13-18(15)25-20;1-4(6)3-5(2)7;/h1-13H;3,6H,1-2H3;/q-1;;/b;4-3-;. The first-order valence-electron chi connectivity index (χ1n) is 10.6. The number of nitrogens with zero attached hydrogens (tertiary/aromatic N) is 4. The molecule has 4 aromatic heterocycles. The maximum Gasteiger partial charge on any atom is 0.155 e. The maximum absolute atomic E-state index is 10.0. The number of ketones is 1. The van der Waals surface area contributed by atoms with E-state index in [1.807, 2.05) is 18.3 Å². The molecule has 1 radical (unpaired) electrons. The van der Waals surface area contributed by atoms with Gasteiger partial charge < -0.3 is 14.7 Å². The molecule has 0 fully saturated rings. The second-order valence-corrected chi connectivity index (χ2v) is 7.84. The number of aliphatic hydroxyl groups excluding tert-OH is 1. The van der Waals surface area contributed by atoms with Crippen LogP contribution in [0.15, 0.2) is 91.1 Å². The quantitative estimate of drug-likeness (QED) is 0.192. The van der Waals surface area contributed by atoms with Gasteiger partial charge in [0.2, 0.25) is 0 Å². The van der Waals surface area contributed by atoms with Crippen molar-refractivity contribution in [1.82, 2.24) is 19.5 Å². The van der Waals surface area contributed by atoms with Crippen molar-refractivity contribution in [2.24, 2.45) is 0 Å². The Morgan fingerprint density at radius 1 is 0.971 bits per heavy atom. The fourth-order valence-corrected chi connectivity index (χ4v) is 4.16. The average molecular weight is 626 g/mol. The number of carbonyl (C=O) groups excluding carboxylic acids is 1. The summed E-state index contributed by atoms with van der Waals surface area (Å²) in [4.78, 5) is 23.7. The summed E-state index contributed by atoms with van der Waals surface area (Å²) < 4.78 is 2.15. The molecule has 2 aromatic carbocycles. The maximum atomic E-state index is 10.0. The summed E-state index contributed by atoms with van der Waals surface area (Å²) in [7, 11) is 0. The summed E-state index contributed by atoms with van der Waals surface area (Å²) in [6.07, 6.45) is 6.60. The van der Waals surface area contributed by atoms with Crippen molar-refractivity contribution >= 4 is 49.4 Å². The minimum atomic E-state index is -0.125. The molecule has 0 unspecified atom stereocenters. The molecule has 34 heavy (non-hydrogen) atoms. The molecule has 0 aliphatic rings. The van der Waals surface area contributed by atoms with E-state index in [0.717, 1.165) is 33.3 Å². The van der Waals surface area contributed by atoms with Gasteiger partial charge in [0.05, 0.1) is 11.4 Å². The molecule has 0 saturated heterocycles. The SMILES string of the molecule is CC(=O)/C=C(/C)O.[Ir].c1ccc2c(c1)ccc1c2c2cccnc2n1-c1cc2ccncc2[n-]1. The third kappa shape index (κ3) is 4.23. The molecule has 0 amide bonds. The van der Waals surface area contributed by atoms with Gasteiger partial charge in [0.25, 0.3) is 0 Å². The number of allylic oxidation sites excluding steroid dienone is 2. The molecule has 6 rings (SSSR count). The van der Waals surface area contributed by atoms with Crippen molar-refractivity contribution in [3.8, 4) is 5.82 Å². The van der Waals surface area contributed by atoms with E-state index in [0.29, 0.717) is 0 Å². The van der Waals surface area contributed by atoms with Gasteiger partial charge >= 0.3 is 0 Å². The van der Waals surface area contributed by atoms with Crippen molar-refractivity contribution in [2.45, 2.75) is 13.8 Å². The fraction of sp³-hybridized carbons (Fsp3) is 0.0741. The Hall–Kier alpha value is -3.80. The zero-order valence-electron chi connectivity index (χ0n) is 18.6. The van der Waals surface area contributed by atoms with Crippen molar-refractivity contribution in [3.63, 3.8) is 0 Å². The Kier molecular flexibility index (Phi) is 6.59. The summed E-state index contributed by atoms with van der Waals surface area (Å²) in [6.45, 7) is 2.85. The van der Waals surface area contributed by atoms with Crippen LogP contribution in [-0.2, 0) is 24.9 Å². The van der Waals surface area contributed by atoms with Crippen LogP contribution in [0.25, 0.3) is 49.4 Å². The molecule has 6 nitrogen and oxygen atoms in total. The largest absolute Gasteiger partial charge is 0.512 e. The molecule has 0 atom stereocenters. The van der Waals surface area contributed by atoms with E-state index >= 15 is 0 Å². The molecule has 0 bridgehead atoms. The van der Waals surface area contributed by atoms with Gasteiger partial charge in [-0.2, -0.15) is 0 Å². The zero-order chi connectivity index (χ0) is 22.9. The smallest absolute Gasteiger partial charge is 0.155 e. The van der Waals surface area contributed by atoms with Gasteiger partial charge in [0.1, 0.15) is 0 Å². The Labute approximate surface area is 209 Å². The van der Waals surface area contributed by atoms with Gasteiger partial charge in [-0.1, -0.05) is 54.3 Å². The normalized spacial score (nSPS) is 11.4. The zero-order valence-corrected chi connectivity index (χ0v) is 21.0. The first kappa shape index (κ1) is 23.4. The molecule has 1 N–H and O–H groups in total. The number of carbonyl (C=O) groups is 1. The van der Waals surface area contributed by atoms with Crippen LogP contribution in [0.4, 0.5) is 0 Å². The number of hydrogen-bond donors (Lipinski definition) is 1. The van der Waals surface area contributed by atoms with Gasteiger partial charge in [-0.25, -0.2) is 0 Å². The van der Waals surface area contributed by atoms with Gasteiger partial charge in [-0.05, 0) is 58.6 Å². The van der Waals surface area contributed by atoms with Gasteiger partial charge in [0.15, 0.2) is 5.78 Å². The van der Waals surface area contributed by atoms with Crippen LogP contribution in [0.1, 0.15) is 13.8 Å². The third-order valence-electron chi connectivity index (χ3n) is 5.41. The number of aromatic nitrogens is 4. The number of hydrogen-bond acceptors (Lipinski definition) is 4. The number of aliphatic hydroxyl groups is 1. The van der Waals surface area contributed by atoms with E-state index in [2.05, 4.69) is 63.1 Å². The van der Waals surface area contributed by atoms with Crippen LogP contribution in [0.2, 0.25) is 0 Å². The molecule has 0 aliphatic heterocycles. The van der Waals surface area contributed by atoms with Crippen LogP contribution >= 0.6 is 0 Å². The topological polar surface area (TPSA) is 82.1 Å². The van der Waals surface area contributed by atoms with E-state index in [4.69, 9.17) is 10.1 Å². The molecule has 7 heteroatoms. The number of pyridine rings is 2. The Balaban J connectivity index is 0.000000303. The molecule has 6 aromatic rings. The predicted octanol–water partition coefficient (Wildman–Crippen LogP) is 5.87. The minimum absolute atomic E-state index is 0. The van der Waals surface area contributed by atoms with E-state index in [1.165, 1.54) is 36.1 Å². The van der Waals surface area contributed by atoms with Crippen molar-refractivity contribution in [2.75, 3.05) is 0 Å². The van der Waals surface area contributed by atoms with Gasteiger partial charge in [-0.15, -0.1) is 0 Å². The minimum Gasteiger partial charge on any atom is -0.512 e. The van der Waals surface area contributed by atoms with Crippen LogP contribution in [0.5, 0.6) is 0 Å². The monoisotopic (exact) mass is 626 g/mol. The number of benzene rings is 2. The van der Waals surface area contributed by atoms with Crippen LogP contribution in [-0.4, -0.2) is 25.4 Å². The van der Waals surface area contributed by atoms with Gasteiger partial charge in [-0.3, -0.25) is 14.8 Å². The average Bonchev–Trinajstić information content (AvgIpc) is 3.37. The third-order valence-corrected chi connectivity index (χ3v) is 5.41. The van der Waals surface area contributed by atoms with Crippen LogP contribution in [0.3, 0.4) is 0 Å². The Morgan fingerprint density at radius 3 is 2.50 bits per heavy atom. The van der Waals surface area contributed by atoms with Gasteiger partial charge in [0, 0.05) is 50.2 Å². The summed E-state index contributed by atoms with van der Waals surface area (Å²) in [5, 5.41) is 14.3. The van der Waals surface area contributed by atoms with E-state index < -0.39 is 0 Å². The van der Waals surface area contributed by atoms with Crippen LogP contribution in [0, 0.1) is 0 Å². The van der Waals surface area contributed by atoms with E-state index in [9.17, 15) is 4.79 Å². The Morgan fingerprint density at radius 2 is 1.76 bits per heavy atom. The molecule has 4 heterocycles. The summed E-state index contributed by atoms with van der Waals surface area (Å²) in [5.41, 5.74) is 2.94. The number of fused-ring (bicyclic) bond motifs is 6. The molecular weight excluding hydrogens is 605 g/mol. The summed E-state index contributed by atoms with van der Waals surface area (Å²) >= 11 is 0. The predicted molar refractivity (Wildman–Crippen MR) is 132 cm³/mol. The van der Waals surface area contributed by atoms with Crippen molar-refractivity contribution in [3.05, 3.63) is 91.1 Å². The van der Waals surface area contributed by atoms with Crippen LogP contribution < -0.4 is 4.98 Å². The van der Waals surface area contributed by atoms with Crippen molar-refractivity contribution in [1.29, 1.82) is 0 Å². The summed E-state index contributed by atoms with van der Waals surface area (Å²) in [6, 6.07) is 21.0. The Bertz CT molecular complexity index is 1640. The molecule has 0 spiro atoms. The number of rotatable bonds is 2. The summed E-state index contributed by atoms with van der Waals surface area (Å²) in [5.74, 6) is 0.814. The first-order chi connectivity index (χ1) is 16.0. The first-order valence-corrected chi connectivity index (χ1v) is 10.6. The fourth-order valence-electron chi connectivity index (χ4n) is 4.16. The molecule has 0 saturated carbocycles. The molecule has 0 aliphatic carbocycles. The molecular formula is C27H21IrN4O2-. The molecule has 171 valence electrons. The second kappa shape index (κ2) is 9.59.